The van der Waals surface area contributed by atoms with Gasteiger partial charge in [0.05, 0.1) is 25.5 Å². The Kier molecular flexibility index (Phi) is 11.0. The third-order valence-corrected chi connectivity index (χ3v) is 3.95. The van der Waals surface area contributed by atoms with Gasteiger partial charge in [0, 0.05) is 6.54 Å². The van der Waals surface area contributed by atoms with Gasteiger partial charge in [-0.05, 0) is 49.6 Å². The molecule has 2 unspecified atom stereocenters. The zero-order valence-corrected chi connectivity index (χ0v) is 19.3. The van der Waals surface area contributed by atoms with E-state index in [4.69, 9.17) is 9.15 Å². The Balaban J connectivity index is 0.00000392. The Bertz CT molecular complexity index is 687. The Morgan fingerprint density at radius 2 is 1.89 bits per heavy atom. The molecule has 6 nitrogen and oxygen atoms in total. The van der Waals surface area contributed by atoms with Crippen LogP contribution in [0.15, 0.2) is 52.1 Å². The van der Waals surface area contributed by atoms with Crippen molar-refractivity contribution in [2.75, 3.05) is 19.7 Å². The van der Waals surface area contributed by atoms with Crippen LogP contribution in [0.1, 0.15) is 51.2 Å². The van der Waals surface area contributed by atoms with Crippen LogP contribution in [-0.4, -0.2) is 30.8 Å². The van der Waals surface area contributed by atoms with Gasteiger partial charge in [0.15, 0.2) is 5.96 Å². The molecular formula is C21H32IN3O3. The highest BCUT2D eigenvalue weighted by Gasteiger charge is 2.12. The molecule has 0 amide bonds. The molecule has 2 atom stereocenters. The van der Waals surface area contributed by atoms with Crippen LogP contribution >= 0.6 is 24.0 Å². The van der Waals surface area contributed by atoms with Gasteiger partial charge in [0.2, 0.25) is 0 Å². The summed E-state index contributed by atoms with van der Waals surface area (Å²) in [5.41, 5.74) is 1.13. The normalized spacial score (nSPS) is 13.6. The number of aliphatic hydroxyl groups is 1. The minimum Gasteiger partial charge on any atom is -0.493 e. The van der Waals surface area contributed by atoms with Gasteiger partial charge >= 0.3 is 0 Å². The van der Waals surface area contributed by atoms with Crippen molar-refractivity contribution in [2.45, 2.75) is 39.8 Å². The maximum atomic E-state index is 10.1. The van der Waals surface area contributed by atoms with Crippen LogP contribution in [0.5, 0.6) is 5.75 Å². The first-order valence-electron chi connectivity index (χ1n) is 9.48. The van der Waals surface area contributed by atoms with Crippen LogP contribution in [0.3, 0.4) is 0 Å². The zero-order valence-electron chi connectivity index (χ0n) is 17.0. The van der Waals surface area contributed by atoms with E-state index in [1.54, 1.807) is 18.4 Å². The number of hydrogen-bond acceptors (Lipinski definition) is 4. The minimum atomic E-state index is -0.761. The van der Waals surface area contributed by atoms with Gasteiger partial charge in [-0.25, -0.2) is 0 Å². The maximum absolute atomic E-state index is 10.1. The van der Waals surface area contributed by atoms with E-state index in [1.807, 2.05) is 19.1 Å². The number of nitrogens with one attached hydrogen (secondary N) is 2. The van der Waals surface area contributed by atoms with Gasteiger partial charge in [-0.3, -0.25) is 4.99 Å². The first kappa shape index (κ1) is 24.3. The molecule has 2 rings (SSSR count). The third-order valence-electron chi connectivity index (χ3n) is 3.95. The van der Waals surface area contributed by atoms with Crippen molar-refractivity contribution in [3.63, 3.8) is 0 Å². The van der Waals surface area contributed by atoms with Gasteiger partial charge in [0.25, 0.3) is 0 Å². The van der Waals surface area contributed by atoms with E-state index in [1.165, 1.54) is 0 Å². The first-order valence-corrected chi connectivity index (χ1v) is 9.48. The predicted molar refractivity (Wildman–Crippen MR) is 123 cm³/mol. The fraction of sp³-hybridized carbons (Fsp3) is 0.476. The number of nitrogens with zero attached hydrogens (tertiary/aromatic N) is 1. The summed E-state index contributed by atoms with van der Waals surface area (Å²) in [6.45, 7) is 10.00. The van der Waals surface area contributed by atoms with Crippen LogP contribution < -0.4 is 15.4 Å². The molecule has 1 heterocycles. The number of ether oxygens (including phenoxy) is 1. The largest absolute Gasteiger partial charge is 0.493 e. The fourth-order valence-electron chi connectivity index (χ4n) is 2.47. The molecule has 28 heavy (non-hydrogen) atoms. The van der Waals surface area contributed by atoms with Crippen molar-refractivity contribution in [3.05, 3.63) is 54.0 Å². The molecule has 2 aromatic rings. The second-order valence-electron chi connectivity index (χ2n) is 6.89. The molecule has 0 aliphatic carbocycles. The number of aliphatic imine (C=N–C) groups is 1. The zero-order chi connectivity index (χ0) is 19.6. The van der Waals surface area contributed by atoms with Crippen LogP contribution in [0.4, 0.5) is 0 Å². The number of rotatable bonds is 9. The van der Waals surface area contributed by atoms with Crippen LogP contribution in [0.2, 0.25) is 0 Å². The van der Waals surface area contributed by atoms with E-state index in [0.29, 0.717) is 24.2 Å². The maximum Gasteiger partial charge on any atom is 0.191 e. The molecule has 1 aromatic heterocycles. The van der Waals surface area contributed by atoms with Crippen molar-refractivity contribution in [1.29, 1.82) is 0 Å². The summed E-state index contributed by atoms with van der Waals surface area (Å²) in [5, 5.41) is 16.7. The SMILES string of the molecule is CCNC(=NCC(O)c1ccco1)NC(C)c1ccc(OCC(C)C)cc1.I. The topological polar surface area (TPSA) is 79.0 Å². The molecule has 0 saturated heterocycles. The summed E-state index contributed by atoms with van der Waals surface area (Å²) >= 11 is 0. The van der Waals surface area contributed by atoms with Gasteiger partial charge in [0.1, 0.15) is 17.6 Å². The summed E-state index contributed by atoms with van der Waals surface area (Å²) in [6, 6.07) is 11.6. The molecule has 156 valence electrons. The second-order valence-corrected chi connectivity index (χ2v) is 6.89. The monoisotopic (exact) mass is 501 g/mol. The highest BCUT2D eigenvalue weighted by Crippen LogP contribution is 2.18. The number of aliphatic hydroxyl groups excluding tert-OH is 1. The predicted octanol–water partition coefficient (Wildman–Crippen LogP) is 4.28. The summed E-state index contributed by atoms with van der Waals surface area (Å²) in [5.74, 6) is 2.54. The number of benzene rings is 1. The minimum absolute atomic E-state index is 0. The lowest BCUT2D eigenvalue weighted by molar-refractivity contribution is 0.158. The van der Waals surface area contributed by atoms with Crippen LogP contribution in [0.25, 0.3) is 0 Å². The van der Waals surface area contributed by atoms with Crippen molar-refractivity contribution >= 4 is 29.9 Å². The van der Waals surface area contributed by atoms with E-state index in [2.05, 4.69) is 48.5 Å². The number of guanidine groups is 1. The lowest BCUT2D eigenvalue weighted by atomic mass is 10.1. The molecule has 1 aromatic carbocycles. The molecule has 0 radical (unpaired) electrons. The van der Waals surface area contributed by atoms with E-state index in [9.17, 15) is 5.11 Å². The first-order chi connectivity index (χ1) is 13.0. The highest BCUT2D eigenvalue weighted by molar-refractivity contribution is 14.0. The number of furan rings is 1. The Morgan fingerprint density at radius 3 is 2.46 bits per heavy atom. The van der Waals surface area contributed by atoms with Gasteiger partial charge in [-0.1, -0.05) is 26.0 Å². The number of halogens is 1. The van der Waals surface area contributed by atoms with E-state index in [0.717, 1.165) is 17.9 Å². The Morgan fingerprint density at radius 1 is 1.18 bits per heavy atom. The summed E-state index contributed by atoms with van der Waals surface area (Å²) < 4.78 is 10.9. The molecule has 0 aliphatic rings. The average Bonchev–Trinajstić information content (AvgIpc) is 3.19. The lowest BCUT2D eigenvalue weighted by Gasteiger charge is -2.19. The standard InChI is InChI=1S/C21H31N3O3.HI/c1-5-22-21(23-13-19(25)20-7-6-12-26-20)24-16(4)17-8-10-18(11-9-17)27-14-15(2)3;/h6-12,15-16,19,25H,5,13-14H2,1-4H3,(H2,22,23,24);1H. The fourth-order valence-corrected chi connectivity index (χ4v) is 2.47. The van der Waals surface area contributed by atoms with Crippen molar-refractivity contribution in [3.8, 4) is 5.75 Å². The van der Waals surface area contributed by atoms with E-state index >= 15 is 0 Å². The molecule has 0 fully saturated rings. The lowest BCUT2D eigenvalue weighted by Crippen LogP contribution is -2.39. The Hall–Kier alpha value is -1.74. The second kappa shape index (κ2) is 12.7. The van der Waals surface area contributed by atoms with Crippen molar-refractivity contribution < 1.29 is 14.3 Å². The molecule has 3 N–H and O–H groups in total. The summed E-state index contributed by atoms with van der Waals surface area (Å²) in [6.07, 6.45) is 0.783. The summed E-state index contributed by atoms with van der Waals surface area (Å²) in [4.78, 5) is 4.46. The summed E-state index contributed by atoms with van der Waals surface area (Å²) in [7, 11) is 0. The van der Waals surface area contributed by atoms with E-state index in [-0.39, 0.29) is 36.6 Å². The molecule has 7 heteroatoms. The smallest absolute Gasteiger partial charge is 0.191 e. The molecule has 0 aliphatic heterocycles. The van der Waals surface area contributed by atoms with Gasteiger partial charge in [-0.15, -0.1) is 24.0 Å². The van der Waals surface area contributed by atoms with Gasteiger partial charge < -0.3 is 24.9 Å². The quantitative estimate of drug-likeness (QED) is 0.272. The molecule has 0 spiro atoms. The number of hydrogen-bond donors (Lipinski definition) is 3. The van der Waals surface area contributed by atoms with E-state index < -0.39 is 6.10 Å². The highest BCUT2D eigenvalue weighted by atomic mass is 127. The van der Waals surface area contributed by atoms with Crippen LogP contribution in [-0.2, 0) is 0 Å². The van der Waals surface area contributed by atoms with Gasteiger partial charge in [-0.2, -0.15) is 0 Å². The molecule has 0 bridgehead atoms. The average molecular weight is 501 g/mol. The third kappa shape index (κ3) is 8.10. The van der Waals surface area contributed by atoms with Crippen molar-refractivity contribution in [2.24, 2.45) is 10.9 Å². The molecular weight excluding hydrogens is 469 g/mol. The van der Waals surface area contributed by atoms with Crippen LogP contribution in [0, 0.1) is 5.92 Å². The Labute approximate surface area is 184 Å². The molecule has 0 saturated carbocycles. The van der Waals surface area contributed by atoms with Crippen molar-refractivity contribution in [1.82, 2.24) is 10.6 Å².